The minimum atomic E-state index is -0.762. The summed E-state index contributed by atoms with van der Waals surface area (Å²) >= 11 is 0. The third kappa shape index (κ3) is 3.00. The smallest absolute Gasteiger partial charge is 0.237 e. The molecule has 4 nitrogen and oxygen atoms in total. The lowest BCUT2D eigenvalue weighted by atomic mass is 9.96. The summed E-state index contributed by atoms with van der Waals surface area (Å²) in [7, 11) is 0. The number of carbonyl (C=O) groups is 1. The molecule has 114 valence electrons. The predicted octanol–water partition coefficient (Wildman–Crippen LogP) is 1.87. The summed E-state index contributed by atoms with van der Waals surface area (Å²) in [5.74, 6) is -1.76. The summed E-state index contributed by atoms with van der Waals surface area (Å²) in [5, 5.41) is 3.30. The molecule has 1 aromatic carbocycles. The predicted molar refractivity (Wildman–Crippen MR) is 72.7 cm³/mol. The molecule has 0 saturated heterocycles. The van der Waals surface area contributed by atoms with Crippen LogP contribution in [0.5, 0.6) is 5.75 Å². The molecular weight excluding hydrogens is 278 g/mol. The van der Waals surface area contributed by atoms with Gasteiger partial charge in [-0.3, -0.25) is 4.79 Å². The molecule has 0 heterocycles. The molecule has 0 aromatic heterocycles. The van der Waals surface area contributed by atoms with Gasteiger partial charge in [-0.1, -0.05) is 0 Å². The molecule has 0 aliphatic heterocycles. The fourth-order valence-corrected chi connectivity index (χ4v) is 2.90. The number of hydrogen-bond donors (Lipinski definition) is 2. The summed E-state index contributed by atoms with van der Waals surface area (Å²) in [6, 6.07) is 3.55. The quantitative estimate of drug-likeness (QED) is 0.872. The monoisotopic (exact) mass is 296 g/mol. The highest BCUT2D eigenvalue weighted by Gasteiger charge is 2.47. The van der Waals surface area contributed by atoms with Crippen LogP contribution in [0.25, 0.3) is 0 Å². The minimum absolute atomic E-state index is 0.00749. The first-order chi connectivity index (χ1) is 9.98. The molecule has 2 unspecified atom stereocenters. The molecule has 2 aliphatic rings. The maximum absolute atomic E-state index is 13.6. The molecule has 0 spiro atoms. The average Bonchev–Trinajstić information content (AvgIpc) is 3.12. The second kappa shape index (κ2) is 5.26. The fraction of sp³-hybridized carbons (Fsp3) is 0.533. The van der Waals surface area contributed by atoms with Crippen LogP contribution in [-0.2, 0) is 4.79 Å². The average molecular weight is 296 g/mol. The summed E-state index contributed by atoms with van der Waals surface area (Å²) in [4.78, 5) is 11.8. The molecule has 2 atom stereocenters. The van der Waals surface area contributed by atoms with Gasteiger partial charge in [0.25, 0.3) is 0 Å². The van der Waals surface area contributed by atoms with E-state index in [2.05, 4.69) is 5.32 Å². The van der Waals surface area contributed by atoms with Gasteiger partial charge in [-0.15, -0.1) is 0 Å². The number of nitrogens with two attached hydrogens (primary N) is 1. The molecule has 1 amide bonds. The van der Waals surface area contributed by atoms with Gasteiger partial charge in [0.15, 0.2) is 11.6 Å². The van der Waals surface area contributed by atoms with E-state index in [-0.39, 0.29) is 17.8 Å². The lowest BCUT2D eigenvalue weighted by Crippen LogP contribution is -2.55. The Balaban J connectivity index is 1.69. The van der Waals surface area contributed by atoms with Gasteiger partial charge in [-0.05, 0) is 37.8 Å². The number of ether oxygens (including phenoxy) is 1. The Kier molecular flexibility index (Phi) is 3.57. The second-order valence-electron chi connectivity index (χ2n) is 5.92. The van der Waals surface area contributed by atoms with Gasteiger partial charge in [0.05, 0.1) is 0 Å². The van der Waals surface area contributed by atoms with E-state index in [1.807, 2.05) is 0 Å². The van der Waals surface area contributed by atoms with E-state index in [9.17, 15) is 13.6 Å². The van der Waals surface area contributed by atoms with Crippen LogP contribution in [0.15, 0.2) is 18.2 Å². The number of halogens is 2. The van der Waals surface area contributed by atoms with Gasteiger partial charge in [0.2, 0.25) is 5.91 Å². The number of nitrogens with one attached hydrogen (secondary N) is 1. The first kappa shape index (κ1) is 14.3. The van der Waals surface area contributed by atoms with Gasteiger partial charge in [-0.2, -0.15) is 0 Å². The van der Waals surface area contributed by atoms with E-state index < -0.39 is 17.2 Å². The molecule has 21 heavy (non-hydrogen) atoms. The molecule has 3 N–H and O–H groups in total. The Morgan fingerprint density at radius 2 is 2.10 bits per heavy atom. The van der Waals surface area contributed by atoms with Crippen molar-refractivity contribution in [1.29, 1.82) is 0 Å². The van der Waals surface area contributed by atoms with E-state index in [4.69, 9.17) is 10.5 Å². The van der Waals surface area contributed by atoms with Gasteiger partial charge in [0.1, 0.15) is 17.5 Å². The number of benzene rings is 1. The minimum Gasteiger partial charge on any atom is -0.487 e. The molecule has 2 aliphatic carbocycles. The number of primary amides is 1. The van der Waals surface area contributed by atoms with Crippen LogP contribution in [0.1, 0.15) is 32.1 Å². The zero-order valence-corrected chi connectivity index (χ0v) is 11.6. The number of rotatable bonds is 5. The molecule has 3 rings (SSSR count). The highest BCUT2D eigenvalue weighted by molar-refractivity contribution is 5.85. The van der Waals surface area contributed by atoms with Gasteiger partial charge in [-0.25, -0.2) is 8.78 Å². The van der Waals surface area contributed by atoms with E-state index in [0.717, 1.165) is 25.0 Å². The summed E-state index contributed by atoms with van der Waals surface area (Å²) < 4.78 is 32.1. The van der Waals surface area contributed by atoms with Crippen molar-refractivity contribution in [3.05, 3.63) is 29.8 Å². The Morgan fingerprint density at radius 3 is 2.71 bits per heavy atom. The van der Waals surface area contributed by atoms with Crippen LogP contribution in [0.2, 0.25) is 0 Å². The Hall–Kier alpha value is -1.69. The van der Waals surface area contributed by atoms with Crippen molar-refractivity contribution in [1.82, 2.24) is 5.32 Å². The Morgan fingerprint density at radius 1 is 1.33 bits per heavy atom. The van der Waals surface area contributed by atoms with Gasteiger partial charge < -0.3 is 15.8 Å². The molecule has 0 bridgehead atoms. The molecular formula is C15H18F2N2O2. The van der Waals surface area contributed by atoms with Crippen molar-refractivity contribution in [2.45, 2.75) is 49.8 Å². The van der Waals surface area contributed by atoms with Crippen molar-refractivity contribution < 1.29 is 18.3 Å². The molecule has 0 radical (unpaired) electrons. The molecule has 1 aromatic rings. The van der Waals surface area contributed by atoms with Crippen LogP contribution < -0.4 is 15.8 Å². The van der Waals surface area contributed by atoms with Gasteiger partial charge >= 0.3 is 0 Å². The Labute approximate surface area is 121 Å². The third-order valence-corrected chi connectivity index (χ3v) is 4.19. The van der Waals surface area contributed by atoms with Gasteiger partial charge in [0, 0.05) is 18.5 Å². The van der Waals surface area contributed by atoms with E-state index in [1.54, 1.807) is 0 Å². The third-order valence-electron chi connectivity index (χ3n) is 4.19. The zero-order chi connectivity index (χ0) is 15.0. The lowest BCUT2D eigenvalue weighted by molar-refractivity contribution is -0.124. The standard InChI is InChI=1S/C15H18F2N2O2/c16-9-1-4-13(12(17)7-9)21-11-5-6-15(8-11,14(18)20)19-10-2-3-10/h1,4,7,10-11,19H,2-3,5-6,8H2,(H2,18,20). The van der Waals surface area contributed by atoms with Crippen molar-refractivity contribution in [3.8, 4) is 5.75 Å². The van der Waals surface area contributed by atoms with Crippen LogP contribution >= 0.6 is 0 Å². The SMILES string of the molecule is NC(=O)C1(NC2CC2)CCC(Oc2ccc(F)cc2F)C1. The first-order valence-corrected chi connectivity index (χ1v) is 7.18. The maximum Gasteiger partial charge on any atom is 0.237 e. The van der Waals surface area contributed by atoms with Crippen molar-refractivity contribution in [2.75, 3.05) is 0 Å². The van der Waals surface area contributed by atoms with E-state index in [1.165, 1.54) is 6.07 Å². The van der Waals surface area contributed by atoms with E-state index >= 15 is 0 Å². The Bertz CT molecular complexity index is 563. The molecule has 2 fully saturated rings. The van der Waals surface area contributed by atoms with Crippen LogP contribution in [0.4, 0.5) is 8.78 Å². The largest absolute Gasteiger partial charge is 0.487 e. The van der Waals surface area contributed by atoms with Crippen LogP contribution in [0, 0.1) is 11.6 Å². The van der Waals surface area contributed by atoms with E-state index in [0.29, 0.717) is 25.3 Å². The summed E-state index contributed by atoms with van der Waals surface area (Å²) in [5.41, 5.74) is 4.77. The van der Waals surface area contributed by atoms with Crippen molar-refractivity contribution in [3.63, 3.8) is 0 Å². The molecule has 2 saturated carbocycles. The van der Waals surface area contributed by atoms with Crippen LogP contribution in [-0.4, -0.2) is 23.6 Å². The van der Waals surface area contributed by atoms with Crippen molar-refractivity contribution in [2.24, 2.45) is 5.73 Å². The van der Waals surface area contributed by atoms with Crippen molar-refractivity contribution >= 4 is 5.91 Å². The van der Waals surface area contributed by atoms with Crippen LogP contribution in [0.3, 0.4) is 0 Å². The number of amides is 1. The highest BCUT2D eigenvalue weighted by atomic mass is 19.1. The number of hydrogen-bond acceptors (Lipinski definition) is 3. The lowest BCUT2D eigenvalue weighted by Gasteiger charge is -2.27. The maximum atomic E-state index is 13.6. The summed E-state index contributed by atoms with van der Waals surface area (Å²) in [6.07, 6.45) is 3.39. The second-order valence-corrected chi connectivity index (χ2v) is 5.92. The first-order valence-electron chi connectivity index (χ1n) is 7.18. The topological polar surface area (TPSA) is 64.4 Å². The normalized spacial score (nSPS) is 28.6. The highest BCUT2D eigenvalue weighted by Crippen LogP contribution is 2.36. The molecule has 6 heteroatoms. The fourth-order valence-electron chi connectivity index (χ4n) is 2.90. The number of carbonyl (C=O) groups excluding carboxylic acids is 1. The summed E-state index contributed by atoms with van der Waals surface area (Å²) in [6.45, 7) is 0. The zero-order valence-electron chi connectivity index (χ0n) is 11.6.